The Bertz CT molecular complexity index is 448. The minimum atomic E-state index is -0.652. The maximum Gasteiger partial charge on any atom is 0.164 e. The van der Waals surface area contributed by atoms with Crippen molar-refractivity contribution in [1.82, 2.24) is 0 Å². The summed E-state index contributed by atoms with van der Waals surface area (Å²) < 4.78 is 5.57. The molecule has 2 heteroatoms. The van der Waals surface area contributed by atoms with Gasteiger partial charge in [-0.15, -0.1) is 0 Å². The lowest BCUT2D eigenvalue weighted by atomic mass is 9.78. The quantitative estimate of drug-likeness (QED) is 0.803. The van der Waals surface area contributed by atoms with Crippen LogP contribution < -0.4 is 0 Å². The number of aryl methyl sites for hydroxylation is 1. The molecule has 2 rings (SSSR count). The van der Waals surface area contributed by atoms with Crippen molar-refractivity contribution in [2.45, 2.75) is 58.0 Å². The highest BCUT2D eigenvalue weighted by atomic mass is 16.5. The molecule has 0 saturated carbocycles. The first-order valence-electron chi connectivity index (χ1n) is 7.29. The minimum absolute atomic E-state index is 0.219. The maximum absolute atomic E-state index is 12.4. The van der Waals surface area contributed by atoms with E-state index in [1.807, 2.05) is 20.8 Å². The first-order chi connectivity index (χ1) is 9.04. The van der Waals surface area contributed by atoms with Crippen molar-refractivity contribution in [3.8, 4) is 0 Å². The standard InChI is InChI=1S/C17H24O2/c1-4-19-17(2,3)16(18)12-14-10-7-9-13-8-5-6-11-15(13)14/h5-6,8,11,14H,4,7,9-10,12H2,1-3H3. The van der Waals surface area contributed by atoms with Crippen LogP contribution in [0, 0.1) is 0 Å². The first-order valence-corrected chi connectivity index (χ1v) is 7.29. The summed E-state index contributed by atoms with van der Waals surface area (Å²) in [7, 11) is 0. The first kappa shape index (κ1) is 14.3. The van der Waals surface area contributed by atoms with Crippen molar-refractivity contribution in [3.05, 3.63) is 35.4 Å². The molecule has 1 aliphatic rings. The molecule has 1 aliphatic carbocycles. The molecule has 1 atom stereocenters. The Morgan fingerprint density at radius 2 is 2.11 bits per heavy atom. The summed E-state index contributed by atoms with van der Waals surface area (Å²) in [5.41, 5.74) is 2.14. The molecule has 1 aromatic carbocycles. The highest BCUT2D eigenvalue weighted by Gasteiger charge is 2.31. The van der Waals surface area contributed by atoms with Crippen LogP contribution in [0.4, 0.5) is 0 Å². The molecule has 104 valence electrons. The molecule has 1 aromatic rings. The van der Waals surface area contributed by atoms with Crippen LogP contribution in [-0.4, -0.2) is 18.0 Å². The number of hydrogen-bond donors (Lipinski definition) is 0. The number of ether oxygens (including phenoxy) is 1. The van der Waals surface area contributed by atoms with Crippen molar-refractivity contribution < 1.29 is 9.53 Å². The minimum Gasteiger partial charge on any atom is -0.368 e. The Morgan fingerprint density at radius 1 is 1.37 bits per heavy atom. The summed E-state index contributed by atoms with van der Waals surface area (Å²) in [6.45, 7) is 6.28. The predicted octanol–water partition coefficient (Wildman–Crippen LogP) is 3.88. The summed E-state index contributed by atoms with van der Waals surface area (Å²) in [6.07, 6.45) is 4.05. The van der Waals surface area contributed by atoms with Crippen LogP contribution in [-0.2, 0) is 16.0 Å². The molecule has 19 heavy (non-hydrogen) atoms. The molecule has 2 nitrogen and oxygen atoms in total. The average Bonchev–Trinajstić information content (AvgIpc) is 2.39. The summed E-state index contributed by atoms with van der Waals surface area (Å²) in [4.78, 5) is 12.4. The van der Waals surface area contributed by atoms with Gasteiger partial charge in [0.2, 0.25) is 0 Å². The van der Waals surface area contributed by atoms with Gasteiger partial charge in [0.1, 0.15) is 5.60 Å². The maximum atomic E-state index is 12.4. The molecule has 0 bridgehead atoms. The topological polar surface area (TPSA) is 26.3 Å². The fraction of sp³-hybridized carbons (Fsp3) is 0.588. The number of Topliss-reactive ketones (excluding diaryl/α,β-unsaturated/α-hetero) is 1. The third-order valence-electron chi connectivity index (χ3n) is 4.10. The van der Waals surface area contributed by atoms with Gasteiger partial charge < -0.3 is 4.74 Å². The van der Waals surface area contributed by atoms with Gasteiger partial charge in [-0.05, 0) is 57.1 Å². The molecule has 0 fully saturated rings. The van der Waals surface area contributed by atoms with E-state index < -0.39 is 5.60 Å². The Hall–Kier alpha value is -1.15. The van der Waals surface area contributed by atoms with E-state index in [9.17, 15) is 4.79 Å². The second-order valence-corrected chi connectivity index (χ2v) is 5.86. The zero-order valence-corrected chi connectivity index (χ0v) is 12.2. The zero-order chi connectivity index (χ0) is 13.9. The van der Waals surface area contributed by atoms with Crippen molar-refractivity contribution in [1.29, 1.82) is 0 Å². The van der Waals surface area contributed by atoms with Gasteiger partial charge in [0.15, 0.2) is 5.78 Å². The van der Waals surface area contributed by atoms with Crippen molar-refractivity contribution >= 4 is 5.78 Å². The molecule has 0 aromatic heterocycles. The summed E-state index contributed by atoms with van der Waals surface area (Å²) >= 11 is 0. The predicted molar refractivity (Wildman–Crippen MR) is 77.5 cm³/mol. The Labute approximate surface area is 116 Å². The van der Waals surface area contributed by atoms with E-state index in [0.29, 0.717) is 18.9 Å². The number of hydrogen-bond acceptors (Lipinski definition) is 2. The van der Waals surface area contributed by atoms with Gasteiger partial charge in [-0.25, -0.2) is 0 Å². The SMILES string of the molecule is CCOC(C)(C)C(=O)CC1CCCc2ccccc21. The number of rotatable bonds is 5. The molecular weight excluding hydrogens is 236 g/mol. The van der Waals surface area contributed by atoms with Gasteiger partial charge >= 0.3 is 0 Å². The van der Waals surface area contributed by atoms with E-state index in [0.717, 1.165) is 12.8 Å². The molecule has 0 N–H and O–H groups in total. The summed E-state index contributed by atoms with van der Waals surface area (Å²) in [5.74, 6) is 0.591. The van der Waals surface area contributed by atoms with Crippen LogP contribution in [0.25, 0.3) is 0 Å². The van der Waals surface area contributed by atoms with Crippen molar-refractivity contribution in [2.75, 3.05) is 6.61 Å². The number of benzene rings is 1. The van der Waals surface area contributed by atoms with Crippen molar-refractivity contribution in [2.24, 2.45) is 0 Å². The van der Waals surface area contributed by atoms with Gasteiger partial charge in [-0.1, -0.05) is 24.3 Å². The number of fused-ring (bicyclic) bond motifs is 1. The number of carbonyl (C=O) groups is 1. The highest BCUT2D eigenvalue weighted by Crippen LogP contribution is 2.35. The summed E-state index contributed by atoms with van der Waals surface area (Å²) in [5, 5.41) is 0. The lowest BCUT2D eigenvalue weighted by molar-refractivity contribution is -0.140. The Balaban J connectivity index is 2.11. The second kappa shape index (κ2) is 5.87. The van der Waals surface area contributed by atoms with Gasteiger partial charge in [-0.2, -0.15) is 0 Å². The molecule has 0 aliphatic heterocycles. The van der Waals surface area contributed by atoms with Gasteiger partial charge in [0, 0.05) is 13.0 Å². The van der Waals surface area contributed by atoms with Crippen LogP contribution in [0.15, 0.2) is 24.3 Å². The van der Waals surface area contributed by atoms with Crippen LogP contribution in [0.5, 0.6) is 0 Å². The van der Waals surface area contributed by atoms with Crippen LogP contribution in [0.3, 0.4) is 0 Å². The normalized spacial score (nSPS) is 19.0. The van der Waals surface area contributed by atoms with Gasteiger partial charge in [0.05, 0.1) is 0 Å². The van der Waals surface area contributed by atoms with E-state index in [4.69, 9.17) is 4.74 Å². The molecular formula is C17H24O2. The molecule has 0 amide bonds. The monoisotopic (exact) mass is 260 g/mol. The van der Waals surface area contributed by atoms with Crippen LogP contribution in [0.2, 0.25) is 0 Å². The smallest absolute Gasteiger partial charge is 0.164 e. The summed E-state index contributed by atoms with van der Waals surface area (Å²) in [6, 6.07) is 8.54. The lowest BCUT2D eigenvalue weighted by Crippen LogP contribution is -2.36. The van der Waals surface area contributed by atoms with E-state index in [1.54, 1.807) is 0 Å². The van der Waals surface area contributed by atoms with E-state index in [-0.39, 0.29) is 5.78 Å². The molecule has 0 radical (unpaired) electrons. The highest BCUT2D eigenvalue weighted by molar-refractivity contribution is 5.87. The van der Waals surface area contributed by atoms with E-state index in [2.05, 4.69) is 24.3 Å². The lowest BCUT2D eigenvalue weighted by Gasteiger charge is -2.29. The van der Waals surface area contributed by atoms with E-state index in [1.165, 1.54) is 17.5 Å². The number of carbonyl (C=O) groups excluding carboxylic acids is 1. The fourth-order valence-corrected chi connectivity index (χ4v) is 2.98. The van der Waals surface area contributed by atoms with E-state index >= 15 is 0 Å². The molecule has 0 heterocycles. The largest absolute Gasteiger partial charge is 0.368 e. The fourth-order valence-electron chi connectivity index (χ4n) is 2.98. The molecule has 0 spiro atoms. The molecule has 0 saturated heterocycles. The third-order valence-corrected chi connectivity index (χ3v) is 4.10. The van der Waals surface area contributed by atoms with Gasteiger partial charge in [0.25, 0.3) is 0 Å². The van der Waals surface area contributed by atoms with Crippen LogP contribution >= 0.6 is 0 Å². The second-order valence-electron chi connectivity index (χ2n) is 5.86. The third kappa shape index (κ3) is 3.24. The zero-order valence-electron chi connectivity index (χ0n) is 12.2. The van der Waals surface area contributed by atoms with Gasteiger partial charge in [-0.3, -0.25) is 4.79 Å². The molecule has 1 unspecified atom stereocenters. The van der Waals surface area contributed by atoms with Crippen LogP contribution in [0.1, 0.15) is 57.1 Å². The average molecular weight is 260 g/mol. The number of ketones is 1. The Morgan fingerprint density at radius 3 is 2.84 bits per heavy atom. The Kier molecular flexibility index (Phi) is 4.41. The van der Waals surface area contributed by atoms with Crippen molar-refractivity contribution in [3.63, 3.8) is 0 Å².